The molecule has 0 aromatic carbocycles. The van der Waals surface area contributed by atoms with Gasteiger partial charge in [0.05, 0.1) is 7.14 Å². The van der Waals surface area contributed by atoms with Crippen LogP contribution in [0.3, 0.4) is 0 Å². The first kappa shape index (κ1) is 8.29. The Kier molecular flexibility index (Phi) is 1.95. The molecule has 60 valence electrons. The summed E-state index contributed by atoms with van der Waals surface area (Å²) in [7, 11) is -1.79. The summed E-state index contributed by atoms with van der Waals surface area (Å²) in [6, 6.07) is 0. The van der Waals surface area contributed by atoms with Gasteiger partial charge in [-0.25, -0.2) is 0 Å². The molecule has 0 aromatic rings. The maximum absolute atomic E-state index is 11.4. The van der Waals surface area contributed by atoms with Gasteiger partial charge in [-0.05, 0) is 18.7 Å². The summed E-state index contributed by atoms with van der Waals surface area (Å²) in [5.74, 6) is 0. The summed E-state index contributed by atoms with van der Waals surface area (Å²) in [4.78, 5) is 0. The molecule has 1 saturated heterocycles. The Morgan fingerprint density at radius 3 is 2.10 bits per heavy atom. The van der Waals surface area contributed by atoms with Crippen molar-refractivity contribution in [2.45, 2.75) is 6.92 Å². The van der Waals surface area contributed by atoms with Crippen molar-refractivity contribution in [3.8, 4) is 0 Å². The van der Waals surface area contributed by atoms with Crippen molar-refractivity contribution in [3.05, 3.63) is 0 Å². The van der Waals surface area contributed by atoms with Gasteiger partial charge in [0.15, 0.2) is 0 Å². The van der Waals surface area contributed by atoms with Crippen LogP contribution in [0.1, 0.15) is 6.92 Å². The normalized spacial score (nSPS) is 23.9. The summed E-state index contributed by atoms with van der Waals surface area (Å²) in [5, 5.41) is 3.20. The van der Waals surface area contributed by atoms with Crippen molar-refractivity contribution in [3.63, 3.8) is 0 Å². The van der Waals surface area contributed by atoms with Crippen molar-refractivity contribution in [1.82, 2.24) is 5.32 Å². The van der Waals surface area contributed by atoms with Gasteiger partial charge in [-0.1, -0.05) is 6.92 Å². The number of hydrogen-bond donors (Lipinski definition) is 1. The minimum atomic E-state index is -1.79. The fraction of sp³-hybridized carbons (Fsp3) is 1.00. The van der Waals surface area contributed by atoms with Crippen molar-refractivity contribution in [1.29, 1.82) is 0 Å². The number of hydrogen-bond acceptors (Lipinski definition) is 2. The highest BCUT2D eigenvalue weighted by molar-refractivity contribution is 7.62. The van der Waals surface area contributed by atoms with E-state index in [1.165, 1.54) is 0 Å². The molecular formula is C7H16NOP. The third-order valence-electron chi connectivity index (χ3n) is 1.87. The first-order valence-electron chi connectivity index (χ1n) is 3.66. The topological polar surface area (TPSA) is 29.1 Å². The Labute approximate surface area is 62.8 Å². The molecule has 0 amide bonds. The smallest absolute Gasteiger partial charge is 0.0825 e. The minimum absolute atomic E-state index is 0.332. The molecule has 3 heteroatoms. The second-order valence-corrected chi connectivity index (χ2v) is 7.61. The van der Waals surface area contributed by atoms with Crippen molar-refractivity contribution < 1.29 is 4.57 Å². The first-order chi connectivity index (χ1) is 4.41. The highest BCUT2D eigenvalue weighted by atomic mass is 31.2. The van der Waals surface area contributed by atoms with Gasteiger partial charge in [-0.3, -0.25) is 0 Å². The highest BCUT2D eigenvalue weighted by Crippen LogP contribution is 2.44. The average Bonchev–Trinajstić information content (AvgIpc) is 1.57. The maximum Gasteiger partial charge on any atom is 0.0825 e. The third-order valence-corrected chi connectivity index (χ3v) is 3.39. The molecule has 0 saturated carbocycles. The predicted molar refractivity (Wildman–Crippen MR) is 45.3 cm³/mol. The zero-order chi connectivity index (χ0) is 7.83. The van der Waals surface area contributed by atoms with Crippen molar-refractivity contribution in [2.24, 2.45) is 5.41 Å². The lowest BCUT2D eigenvalue weighted by molar-refractivity contribution is 0.229. The molecule has 0 bridgehead atoms. The lowest BCUT2D eigenvalue weighted by atomic mass is 9.87. The fourth-order valence-electron chi connectivity index (χ4n) is 1.58. The summed E-state index contributed by atoms with van der Waals surface area (Å²) < 4.78 is 11.4. The van der Waals surface area contributed by atoms with E-state index in [4.69, 9.17) is 0 Å². The standard InChI is InChI=1S/C7H16NOP/c1-7(4-8-5-7)6-10(2,3)9/h8H,4-6H2,1-3H3. The monoisotopic (exact) mass is 161 g/mol. The first-order valence-corrected chi connectivity index (χ1v) is 6.45. The Bertz CT molecular complexity index is 168. The average molecular weight is 161 g/mol. The molecule has 10 heavy (non-hydrogen) atoms. The molecule has 0 atom stereocenters. The Balaban J connectivity index is 2.45. The van der Waals surface area contributed by atoms with E-state index < -0.39 is 7.14 Å². The fourth-order valence-corrected chi connectivity index (χ4v) is 3.65. The molecule has 0 aromatic heterocycles. The molecule has 1 rings (SSSR count). The van der Waals surface area contributed by atoms with Crippen LogP contribution in [0.2, 0.25) is 0 Å². The minimum Gasteiger partial charge on any atom is -0.324 e. The summed E-state index contributed by atoms with van der Waals surface area (Å²) in [6.45, 7) is 8.02. The van der Waals surface area contributed by atoms with E-state index in [1.54, 1.807) is 0 Å². The van der Waals surface area contributed by atoms with E-state index in [1.807, 2.05) is 13.3 Å². The van der Waals surface area contributed by atoms with E-state index in [2.05, 4.69) is 12.2 Å². The van der Waals surface area contributed by atoms with Gasteiger partial charge in [0.2, 0.25) is 0 Å². The maximum atomic E-state index is 11.4. The van der Waals surface area contributed by atoms with Gasteiger partial charge < -0.3 is 9.88 Å². The van der Waals surface area contributed by atoms with Crippen LogP contribution in [0.4, 0.5) is 0 Å². The SMILES string of the molecule is CC1(CP(C)(C)=O)CNC1. The molecule has 1 aliphatic rings. The van der Waals surface area contributed by atoms with E-state index in [-0.39, 0.29) is 0 Å². The summed E-state index contributed by atoms with van der Waals surface area (Å²) >= 11 is 0. The Hall–Kier alpha value is 0.190. The molecule has 1 fully saturated rings. The zero-order valence-corrected chi connectivity index (χ0v) is 7.87. The van der Waals surface area contributed by atoms with Gasteiger partial charge in [0.1, 0.15) is 0 Å². The second kappa shape index (κ2) is 2.35. The van der Waals surface area contributed by atoms with Crippen molar-refractivity contribution >= 4 is 7.14 Å². The second-order valence-electron chi connectivity index (χ2n) is 4.15. The van der Waals surface area contributed by atoms with Crippen LogP contribution >= 0.6 is 7.14 Å². The molecule has 1 heterocycles. The predicted octanol–water partition coefficient (Wildman–Crippen LogP) is 1.22. The largest absolute Gasteiger partial charge is 0.324 e. The quantitative estimate of drug-likeness (QED) is 0.617. The molecular weight excluding hydrogens is 145 g/mol. The summed E-state index contributed by atoms with van der Waals surface area (Å²) in [6.07, 6.45) is 0.896. The van der Waals surface area contributed by atoms with Crippen LogP contribution in [0.5, 0.6) is 0 Å². The van der Waals surface area contributed by atoms with E-state index in [0.717, 1.165) is 19.3 Å². The van der Waals surface area contributed by atoms with Gasteiger partial charge in [0, 0.05) is 19.3 Å². The van der Waals surface area contributed by atoms with Gasteiger partial charge in [0.25, 0.3) is 0 Å². The van der Waals surface area contributed by atoms with Crippen molar-refractivity contribution in [2.75, 3.05) is 32.6 Å². The van der Waals surface area contributed by atoms with Crippen LogP contribution in [0.25, 0.3) is 0 Å². The molecule has 2 nitrogen and oxygen atoms in total. The molecule has 0 radical (unpaired) electrons. The third kappa shape index (κ3) is 2.10. The Morgan fingerprint density at radius 1 is 1.50 bits per heavy atom. The van der Waals surface area contributed by atoms with Gasteiger partial charge in [-0.15, -0.1) is 0 Å². The van der Waals surface area contributed by atoms with Crippen LogP contribution in [-0.2, 0) is 4.57 Å². The van der Waals surface area contributed by atoms with Crippen LogP contribution in [0, 0.1) is 5.41 Å². The van der Waals surface area contributed by atoms with Gasteiger partial charge >= 0.3 is 0 Å². The molecule has 0 aliphatic carbocycles. The molecule has 1 N–H and O–H groups in total. The molecule has 1 aliphatic heterocycles. The van der Waals surface area contributed by atoms with Gasteiger partial charge in [-0.2, -0.15) is 0 Å². The van der Waals surface area contributed by atoms with E-state index in [9.17, 15) is 4.57 Å². The molecule has 0 spiro atoms. The highest BCUT2D eigenvalue weighted by Gasteiger charge is 2.34. The van der Waals surface area contributed by atoms with Crippen LogP contribution in [-0.4, -0.2) is 32.6 Å². The van der Waals surface area contributed by atoms with Crippen LogP contribution in [0.15, 0.2) is 0 Å². The summed E-state index contributed by atoms with van der Waals surface area (Å²) in [5.41, 5.74) is 0.332. The number of rotatable bonds is 2. The molecule has 0 unspecified atom stereocenters. The van der Waals surface area contributed by atoms with Crippen LogP contribution < -0.4 is 5.32 Å². The lowest BCUT2D eigenvalue weighted by Gasteiger charge is -2.40. The van der Waals surface area contributed by atoms with E-state index >= 15 is 0 Å². The Morgan fingerprint density at radius 2 is 2.00 bits per heavy atom. The number of nitrogens with one attached hydrogen (secondary N) is 1. The lowest BCUT2D eigenvalue weighted by Crippen LogP contribution is -2.53. The zero-order valence-electron chi connectivity index (χ0n) is 6.98. The van der Waals surface area contributed by atoms with E-state index in [0.29, 0.717) is 5.41 Å².